The Labute approximate surface area is 131 Å². The van der Waals surface area contributed by atoms with Gasteiger partial charge in [-0.15, -0.1) is 11.3 Å². The molecule has 22 heavy (non-hydrogen) atoms. The summed E-state index contributed by atoms with van der Waals surface area (Å²) >= 11 is 1.49. The molecule has 0 unspecified atom stereocenters. The van der Waals surface area contributed by atoms with Crippen molar-refractivity contribution in [2.24, 2.45) is 0 Å². The van der Waals surface area contributed by atoms with Gasteiger partial charge in [0.15, 0.2) is 0 Å². The van der Waals surface area contributed by atoms with E-state index in [1.54, 1.807) is 6.92 Å². The van der Waals surface area contributed by atoms with Crippen LogP contribution in [-0.4, -0.2) is 37.0 Å². The monoisotopic (exact) mass is 339 g/mol. The molecular weight excluding hydrogens is 326 g/mol. The van der Waals surface area contributed by atoms with Gasteiger partial charge in [-0.2, -0.15) is 4.98 Å². The van der Waals surface area contributed by atoms with Gasteiger partial charge in [0, 0.05) is 20.2 Å². The quantitative estimate of drug-likeness (QED) is 0.726. The zero-order valence-electron chi connectivity index (χ0n) is 12.1. The summed E-state index contributed by atoms with van der Waals surface area (Å²) in [6, 6.07) is 5.17. The van der Waals surface area contributed by atoms with Gasteiger partial charge in [0.2, 0.25) is 10.9 Å². The summed E-state index contributed by atoms with van der Waals surface area (Å²) in [6.07, 6.45) is 0. The van der Waals surface area contributed by atoms with Crippen LogP contribution in [0.1, 0.15) is 5.76 Å². The zero-order chi connectivity index (χ0) is 15.9. The number of thiophene rings is 1. The molecule has 0 N–H and O–H groups in total. The molecule has 0 aliphatic carbocycles. The second kappa shape index (κ2) is 5.34. The van der Waals surface area contributed by atoms with E-state index in [2.05, 4.69) is 10.1 Å². The third kappa shape index (κ3) is 2.47. The molecule has 0 saturated carbocycles. The molecule has 0 bridgehead atoms. The molecule has 0 fully saturated rings. The maximum Gasteiger partial charge on any atom is 0.275 e. The average Bonchev–Trinajstić information content (AvgIpc) is 3.17. The average molecular weight is 339 g/mol. The summed E-state index contributed by atoms with van der Waals surface area (Å²) in [5.74, 6) is 1.09. The minimum Gasteiger partial charge on any atom is -0.448 e. The number of rotatable bonds is 4. The number of furan rings is 1. The van der Waals surface area contributed by atoms with Crippen molar-refractivity contribution in [1.29, 1.82) is 0 Å². The number of aromatic nitrogens is 2. The van der Waals surface area contributed by atoms with Gasteiger partial charge >= 0.3 is 0 Å². The fourth-order valence-electron chi connectivity index (χ4n) is 1.81. The second-order valence-corrected chi connectivity index (χ2v) is 7.75. The SMILES string of the molecule is Cc1oc(S(=O)(=O)N(C)C)cc1-c1nc(-c2cccs2)no1. The Morgan fingerprint density at radius 2 is 2.09 bits per heavy atom. The summed E-state index contributed by atoms with van der Waals surface area (Å²) in [6.45, 7) is 1.65. The molecule has 3 aromatic heterocycles. The number of aryl methyl sites for hydroxylation is 1. The van der Waals surface area contributed by atoms with Crippen molar-refractivity contribution in [1.82, 2.24) is 14.4 Å². The van der Waals surface area contributed by atoms with E-state index in [0.29, 0.717) is 17.1 Å². The fourth-order valence-corrected chi connectivity index (χ4v) is 3.32. The molecule has 3 rings (SSSR count). The first-order valence-electron chi connectivity index (χ1n) is 6.30. The lowest BCUT2D eigenvalue weighted by molar-refractivity contribution is 0.407. The highest BCUT2D eigenvalue weighted by atomic mass is 32.2. The van der Waals surface area contributed by atoms with Crippen LogP contribution >= 0.6 is 11.3 Å². The Kier molecular flexibility index (Phi) is 3.63. The van der Waals surface area contributed by atoms with Crippen molar-refractivity contribution < 1.29 is 17.4 Å². The van der Waals surface area contributed by atoms with Crippen molar-refractivity contribution >= 4 is 21.4 Å². The molecule has 0 aromatic carbocycles. The molecule has 0 radical (unpaired) electrons. The van der Waals surface area contributed by atoms with Crippen LogP contribution in [0.2, 0.25) is 0 Å². The summed E-state index contributed by atoms with van der Waals surface area (Å²) < 4.78 is 35.8. The lowest BCUT2D eigenvalue weighted by Gasteiger charge is -2.07. The molecule has 3 aromatic rings. The summed E-state index contributed by atoms with van der Waals surface area (Å²) in [5.41, 5.74) is 0.468. The van der Waals surface area contributed by atoms with Crippen LogP contribution in [0.5, 0.6) is 0 Å². The van der Waals surface area contributed by atoms with Gasteiger partial charge in [-0.3, -0.25) is 0 Å². The van der Waals surface area contributed by atoms with E-state index in [9.17, 15) is 8.42 Å². The van der Waals surface area contributed by atoms with Crippen molar-refractivity contribution in [2.45, 2.75) is 12.0 Å². The third-order valence-electron chi connectivity index (χ3n) is 3.03. The lowest BCUT2D eigenvalue weighted by atomic mass is 10.2. The Bertz CT molecular complexity index is 892. The number of sulfonamides is 1. The molecule has 0 aliphatic rings. The molecule has 0 aliphatic heterocycles. The zero-order valence-corrected chi connectivity index (χ0v) is 13.7. The Morgan fingerprint density at radius 1 is 1.32 bits per heavy atom. The van der Waals surface area contributed by atoms with Gasteiger partial charge in [0.05, 0.1) is 10.4 Å². The fraction of sp³-hybridized carbons (Fsp3) is 0.231. The predicted octanol–water partition coefficient (Wildman–Crippen LogP) is 2.62. The molecular formula is C13H13N3O4S2. The van der Waals surface area contributed by atoms with Crippen LogP contribution in [0.25, 0.3) is 22.2 Å². The Balaban J connectivity index is 2.02. The summed E-state index contributed by atoms with van der Waals surface area (Å²) in [5, 5.41) is 5.67. The van der Waals surface area contributed by atoms with Crippen LogP contribution in [0.4, 0.5) is 0 Å². The number of hydrogen-bond acceptors (Lipinski definition) is 7. The van der Waals surface area contributed by atoms with E-state index in [0.717, 1.165) is 9.18 Å². The van der Waals surface area contributed by atoms with E-state index in [-0.39, 0.29) is 11.0 Å². The van der Waals surface area contributed by atoms with Gasteiger partial charge in [-0.25, -0.2) is 12.7 Å². The standard InChI is InChI=1S/C13H13N3O4S2/c1-8-9(7-11(19-8)22(17,18)16(2)3)13-14-12(15-20-13)10-5-4-6-21-10/h4-7H,1-3H3. The molecule has 3 heterocycles. The minimum absolute atomic E-state index is 0.152. The summed E-state index contributed by atoms with van der Waals surface area (Å²) in [7, 11) is -0.766. The Hall–Kier alpha value is -1.97. The van der Waals surface area contributed by atoms with Crippen molar-refractivity contribution in [2.75, 3.05) is 14.1 Å². The highest BCUT2D eigenvalue weighted by Gasteiger charge is 2.26. The van der Waals surface area contributed by atoms with Gasteiger partial charge in [0.1, 0.15) is 5.76 Å². The molecule has 0 atom stereocenters. The highest BCUT2D eigenvalue weighted by molar-refractivity contribution is 7.88. The van der Waals surface area contributed by atoms with Crippen LogP contribution in [0, 0.1) is 6.92 Å². The molecule has 7 nitrogen and oxygen atoms in total. The Morgan fingerprint density at radius 3 is 2.73 bits per heavy atom. The van der Waals surface area contributed by atoms with E-state index in [1.165, 1.54) is 31.5 Å². The number of nitrogens with zero attached hydrogens (tertiary/aromatic N) is 3. The van der Waals surface area contributed by atoms with Gasteiger partial charge in [-0.1, -0.05) is 11.2 Å². The molecule has 0 spiro atoms. The van der Waals surface area contributed by atoms with Gasteiger partial charge in [-0.05, 0) is 18.4 Å². The first kappa shape index (κ1) is 14.9. The largest absolute Gasteiger partial charge is 0.448 e. The maximum absolute atomic E-state index is 12.1. The van der Waals surface area contributed by atoms with Crippen LogP contribution in [0.15, 0.2) is 37.6 Å². The minimum atomic E-state index is -3.64. The van der Waals surface area contributed by atoms with Crippen molar-refractivity contribution in [3.8, 4) is 22.2 Å². The highest BCUT2D eigenvalue weighted by Crippen LogP contribution is 2.31. The van der Waals surface area contributed by atoms with Gasteiger partial charge in [0.25, 0.3) is 15.9 Å². The summed E-state index contributed by atoms with van der Waals surface area (Å²) in [4.78, 5) is 5.16. The topological polar surface area (TPSA) is 89.4 Å². The smallest absolute Gasteiger partial charge is 0.275 e. The predicted molar refractivity (Wildman–Crippen MR) is 80.9 cm³/mol. The molecule has 116 valence electrons. The third-order valence-corrected chi connectivity index (χ3v) is 5.57. The van der Waals surface area contributed by atoms with Gasteiger partial charge < -0.3 is 8.94 Å². The maximum atomic E-state index is 12.1. The van der Waals surface area contributed by atoms with E-state index in [1.807, 2.05) is 17.5 Å². The first-order chi connectivity index (χ1) is 10.4. The molecule has 0 amide bonds. The van der Waals surface area contributed by atoms with E-state index < -0.39 is 10.0 Å². The van der Waals surface area contributed by atoms with Crippen molar-refractivity contribution in [3.63, 3.8) is 0 Å². The van der Waals surface area contributed by atoms with Crippen LogP contribution in [0.3, 0.4) is 0 Å². The second-order valence-electron chi connectivity index (χ2n) is 4.72. The molecule has 0 saturated heterocycles. The van der Waals surface area contributed by atoms with Crippen LogP contribution < -0.4 is 0 Å². The van der Waals surface area contributed by atoms with Crippen molar-refractivity contribution in [3.05, 3.63) is 29.3 Å². The van der Waals surface area contributed by atoms with E-state index >= 15 is 0 Å². The van der Waals surface area contributed by atoms with E-state index in [4.69, 9.17) is 8.94 Å². The number of hydrogen-bond donors (Lipinski definition) is 0. The first-order valence-corrected chi connectivity index (χ1v) is 8.62. The normalized spacial score (nSPS) is 12.2. The lowest BCUT2D eigenvalue weighted by Crippen LogP contribution is -2.21. The van der Waals surface area contributed by atoms with Crippen LogP contribution in [-0.2, 0) is 10.0 Å². The molecule has 9 heteroatoms.